The Morgan fingerprint density at radius 1 is 1.14 bits per heavy atom. The Hall–Kier alpha value is -1.91. The number of aliphatic imine (C=N–C) groups is 1. The van der Waals surface area contributed by atoms with E-state index < -0.39 is 0 Å². The van der Waals surface area contributed by atoms with E-state index in [1.165, 1.54) is 19.3 Å². The van der Waals surface area contributed by atoms with Gasteiger partial charge >= 0.3 is 0 Å². The highest BCUT2D eigenvalue weighted by Crippen LogP contribution is 2.32. The lowest BCUT2D eigenvalue weighted by Crippen LogP contribution is -2.37. The molecule has 0 atom stereocenters. The topological polar surface area (TPSA) is 54.9 Å². The molecular weight excluding hydrogens is 266 g/mol. The van der Waals surface area contributed by atoms with E-state index in [1.807, 2.05) is 18.2 Å². The highest BCUT2D eigenvalue weighted by atomic mass is 16.7. The second kappa shape index (κ2) is 8.39. The van der Waals surface area contributed by atoms with E-state index in [9.17, 15) is 0 Å². The van der Waals surface area contributed by atoms with Crippen molar-refractivity contribution < 1.29 is 9.47 Å². The van der Waals surface area contributed by atoms with E-state index in [0.29, 0.717) is 13.3 Å². The molecule has 0 saturated heterocycles. The second-order valence-electron chi connectivity index (χ2n) is 5.02. The van der Waals surface area contributed by atoms with Gasteiger partial charge in [0.05, 0.1) is 6.54 Å². The minimum absolute atomic E-state index is 0.309. The number of hydrogen-bond donors (Lipinski definition) is 2. The summed E-state index contributed by atoms with van der Waals surface area (Å²) in [5, 5.41) is 6.63. The molecular formula is C16H25N3O2. The summed E-state index contributed by atoms with van der Waals surface area (Å²) in [7, 11) is 0. The van der Waals surface area contributed by atoms with Crippen LogP contribution in [0.5, 0.6) is 11.5 Å². The van der Waals surface area contributed by atoms with Gasteiger partial charge < -0.3 is 20.1 Å². The summed E-state index contributed by atoms with van der Waals surface area (Å²) < 4.78 is 10.7. The standard InChI is InChI=1S/C16H25N3O2/c1-3-5-6-9-18-16(17-4-2)19-11-13-7-8-14-15(10-13)21-12-20-14/h7-8,10H,3-6,9,11-12H2,1-2H3,(H2,17,18,19). The Kier molecular flexibility index (Phi) is 6.19. The van der Waals surface area contributed by atoms with Crippen molar-refractivity contribution in [3.63, 3.8) is 0 Å². The van der Waals surface area contributed by atoms with Crippen LogP contribution < -0.4 is 20.1 Å². The predicted molar refractivity (Wildman–Crippen MR) is 84.9 cm³/mol. The van der Waals surface area contributed by atoms with Crippen LogP contribution in [-0.4, -0.2) is 25.8 Å². The molecule has 0 fully saturated rings. The quantitative estimate of drug-likeness (QED) is 0.461. The van der Waals surface area contributed by atoms with Crippen LogP contribution in [-0.2, 0) is 6.54 Å². The zero-order valence-corrected chi connectivity index (χ0v) is 12.9. The average Bonchev–Trinajstić information content (AvgIpc) is 2.96. The molecule has 21 heavy (non-hydrogen) atoms. The van der Waals surface area contributed by atoms with Crippen molar-refractivity contribution in [2.45, 2.75) is 39.7 Å². The molecule has 0 saturated carbocycles. The van der Waals surface area contributed by atoms with Crippen LogP contribution in [0, 0.1) is 0 Å². The Balaban J connectivity index is 1.89. The summed E-state index contributed by atoms with van der Waals surface area (Å²) in [6.45, 7) is 7.04. The molecule has 0 amide bonds. The summed E-state index contributed by atoms with van der Waals surface area (Å²) in [5.41, 5.74) is 1.12. The highest BCUT2D eigenvalue weighted by molar-refractivity contribution is 5.79. The first-order chi connectivity index (χ1) is 10.3. The zero-order chi connectivity index (χ0) is 14.9. The maximum Gasteiger partial charge on any atom is 0.231 e. The molecule has 1 heterocycles. The van der Waals surface area contributed by atoms with Crippen molar-refractivity contribution >= 4 is 5.96 Å². The Bertz CT molecular complexity index is 475. The molecule has 5 heteroatoms. The third kappa shape index (κ3) is 4.85. The first-order valence-electron chi connectivity index (χ1n) is 7.74. The van der Waals surface area contributed by atoms with Crippen molar-refractivity contribution in [1.82, 2.24) is 10.6 Å². The minimum atomic E-state index is 0.309. The van der Waals surface area contributed by atoms with Gasteiger partial charge in [-0.25, -0.2) is 4.99 Å². The second-order valence-corrected chi connectivity index (χ2v) is 5.02. The lowest BCUT2D eigenvalue weighted by molar-refractivity contribution is 0.174. The molecule has 2 rings (SSSR count). The smallest absolute Gasteiger partial charge is 0.231 e. The van der Waals surface area contributed by atoms with Crippen molar-refractivity contribution in [3.05, 3.63) is 23.8 Å². The fraction of sp³-hybridized carbons (Fsp3) is 0.562. The van der Waals surface area contributed by atoms with Crippen molar-refractivity contribution in [3.8, 4) is 11.5 Å². The van der Waals surface area contributed by atoms with Crippen LogP contribution in [0.3, 0.4) is 0 Å². The van der Waals surface area contributed by atoms with E-state index in [4.69, 9.17) is 9.47 Å². The average molecular weight is 291 g/mol. The van der Waals surface area contributed by atoms with Gasteiger partial charge in [-0.2, -0.15) is 0 Å². The number of nitrogens with one attached hydrogen (secondary N) is 2. The number of ether oxygens (including phenoxy) is 2. The molecule has 2 N–H and O–H groups in total. The van der Waals surface area contributed by atoms with Gasteiger partial charge in [0.2, 0.25) is 6.79 Å². The van der Waals surface area contributed by atoms with E-state index in [0.717, 1.165) is 36.1 Å². The van der Waals surface area contributed by atoms with Crippen molar-refractivity contribution in [2.24, 2.45) is 4.99 Å². The first kappa shape index (κ1) is 15.5. The third-order valence-electron chi connectivity index (χ3n) is 3.27. The molecule has 0 aromatic heterocycles. The molecule has 1 aromatic rings. The number of rotatable bonds is 7. The molecule has 0 bridgehead atoms. The normalized spacial score (nSPS) is 13.3. The summed E-state index contributed by atoms with van der Waals surface area (Å²) in [6, 6.07) is 5.96. The van der Waals surface area contributed by atoms with Crippen molar-refractivity contribution in [1.29, 1.82) is 0 Å². The minimum Gasteiger partial charge on any atom is -0.454 e. The fourth-order valence-electron chi connectivity index (χ4n) is 2.13. The lowest BCUT2D eigenvalue weighted by atomic mass is 10.2. The Labute approximate surface area is 126 Å². The van der Waals surface area contributed by atoms with Gasteiger partial charge in [-0.15, -0.1) is 0 Å². The molecule has 5 nitrogen and oxygen atoms in total. The molecule has 1 aromatic carbocycles. The van der Waals surface area contributed by atoms with Gasteiger partial charge in [0.25, 0.3) is 0 Å². The van der Waals surface area contributed by atoms with E-state index in [-0.39, 0.29) is 0 Å². The number of benzene rings is 1. The fourth-order valence-corrected chi connectivity index (χ4v) is 2.13. The number of unbranched alkanes of at least 4 members (excludes halogenated alkanes) is 2. The predicted octanol–water partition coefficient (Wildman–Crippen LogP) is 2.66. The number of hydrogen-bond acceptors (Lipinski definition) is 3. The molecule has 116 valence electrons. The third-order valence-corrected chi connectivity index (χ3v) is 3.27. The van der Waals surface area contributed by atoms with E-state index in [2.05, 4.69) is 29.5 Å². The SMILES string of the molecule is CCCCCNC(=NCc1ccc2c(c1)OCO2)NCC. The van der Waals surface area contributed by atoms with Crippen LogP contribution in [0.2, 0.25) is 0 Å². The summed E-state index contributed by atoms with van der Waals surface area (Å²) in [4.78, 5) is 4.60. The van der Waals surface area contributed by atoms with Crippen LogP contribution in [0.4, 0.5) is 0 Å². The van der Waals surface area contributed by atoms with E-state index in [1.54, 1.807) is 0 Å². The monoisotopic (exact) mass is 291 g/mol. The summed E-state index contributed by atoms with van der Waals surface area (Å²) >= 11 is 0. The Morgan fingerprint density at radius 2 is 2.00 bits per heavy atom. The molecule has 1 aliphatic heterocycles. The van der Waals surface area contributed by atoms with Gasteiger partial charge in [-0.3, -0.25) is 0 Å². The zero-order valence-electron chi connectivity index (χ0n) is 12.9. The van der Waals surface area contributed by atoms with Crippen LogP contribution in [0.25, 0.3) is 0 Å². The largest absolute Gasteiger partial charge is 0.454 e. The Morgan fingerprint density at radius 3 is 2.81 bits per heavy atom. The van der Waals surface area contributed by atoms with Gasteiger partial charge in [0.15, 0.2) is 17.5 Å². The van der Waals surface area contributed by atoms with Crippen LogP contribution in [0.1, 0.15) is 38.7 Å². The van der Waals surface area contributed by atoms with Crippen LogP contribution in [0.15, 0.2) is 23.2 Å². The molecule has 1 aliphatic rings. The van der Waals surface area contributed by atoms with Crippen molar-refractivity contribution in [2.75, 3.05) is 19.9 Å². The molecule has 0 aliphatic carbocycles. The lowest BCUT2D eigenvalue weighted by Gasteiger charge is -2.11. The maximum absolute atomic E-state index is 5.38. The number of fused-ring (bicyclic) bond motifs is 1. The summed E-state index contributed by atoms with van der Waals surface area (Å²) in [6.07, 6.45) is 3.64. The molecule has 0 radical (unpaired) electrons. The first-order valence-corrected chi connectivity index (χ1v) is 7.74. The number of nitrogens with zero attached hydrogens (tertiary/aromatic N) is 1. The maximum atomic E-state index is 5.38. The van der Waals surface area contributed by atoms with Gasteiger partial charge in [0, 0.05) is 13.1 Å². The van der Waals surface area contributed by atoms with Gasteiger partial charge in [-0.1, -0.05) is 25.8 Å². The van der Waals surface area contributed by atoms with E-state index >= 15 is 0 Å². The number of guanidine groups is 1. The van der Waals surface area contributed by atoms with Gasteiger partial charge in [0.1, 0.15) is 0 Å². The van der Waals surface area contributed by atoms with Gasteiger partial charge in [-0.05, 0) is 31.0 Å². The molecule has 0 spiro atoms. The highest BCUT2D eigenvalue weighted by Gasteiger charge is 2.12. The summed E-state index contributed by atoms with van der Waals surface area (Å²) in [5.74, 6) is 2.49. The molecule has 0 unspecified atom stereocenters. The van der Waals surface area contributed by atoms with Crippen LogP contribution >= 0.6 is 0 Å².